The maximum Gasteiger partial charge on any atom is 0.414 e. The summed E-state index contributed by atoms with van der Waals surface area (Å²) >= 11 is 0. The van der Waals surface area contributed by atoms with Gasteiger partial charge in [0.1, 0.15) is 6.61 Å². The van der Waals surface area contributed by atoms with Crippen LogP contribution in [-0.2, 0) is 4.74 Å². The Hall–Kier alpha value is -1.59. The highest BCUT2D eigenvalue weighted by molar-refractivity contribution is 5.89. The third-order valence-corrected chi connectivity index (χ3v) is 5.08. The number of aliphatic hydroxyl groups excluding tert-OH is 1. The molecule has 5 heteroatoms. The Morgan fingerprint density at radius 3 is 2.43 bits per heavy atom. The molecule has 1 aromatic carbocycles. The van der Waals surface area contributed by atoms with Crippen LogP contribution in [0.15, 0.2) is 24.3 Å². The van der Waals surface area contributed by atoms with Gasteiger partial charge in [-0.15, -0.1) is 0 Å². The van der Waals surface area contributed by atoms with Crippen molar-refractivity contribution in [1.29, 1.82) is 0 Å². The van der Waals surface area contributed by atoms with Gasteiger partial charge in [0.05, 0.1) is 6.54 Å². The average Bonchev–Trinajstić information content (AvgIpc) is 3.02. The molecule has 0 aromatic heterocycles. The number of ether oxygens (including phenoxy) is 1. The predicted octanol–water partition coefficient (Wildman–Crippen LogP) is 3.09. The molecule has 23 heavy (non-hydrogen) atoms. The van der Waals surface area contributed by atoms with E-state index in [-0.39, 0.29) is 24.2 Å². The number of carbonyl (C=O) groups excluding carboxylic acids is 1. The van der Waals surface area contributed by atoms with Crippen molar-refractivity contribution in [3.63, 3.8) is 0 Å². The van der Waals surface area contributed by atoms with Crippen LogP contribution in [-0.4, -0.2) is 37.5 Å². The fraction of sp³-hybridized carbons (Fsp3) is 0.611. The van der Waals surface area contributed by atoms with Gasteiger partial charge in [0.15, 0.2) is 0 Å². The maximum absolute atomic E-state index is 11.6. The molecular formula is C18H28N2O3. The fourth-order valence-electron chi connectivity index (χ4n) is 2.84. The van der Waals surface area contributed by atoms with Crippen LogP contribution in [0.5, 0.6) is 0 Å². The van der Waals surface area contributed by atoms with Crippen molar-refractivity contribution in [3.05, 3.63) is 29.8 Å². The molecule has 1 aliphatic rings. The molecule has 1 unspecified atom stereocenters. The highest BCUT2D eigenvalue weighted by atomic mass is 16.6. The highest BCUT2D eigenvalue weighted by Crippen LogP contribution is 2.26. The molecule has 0 saturated carbocycles. The predicted molar refractivity (Wildman–Crippen MR) is 91.7 cm³/mol. The van der Waals surface area contributed by atoms with E-state index in [1.54, 1.807) is 4.90 Å². The van der Waals surface area contributed by atoms with E-state index >= 15 is 0 Å². The lowest BCUT2D eigenvalue weighted by Crippen LogP contribution is -2.37. The van der Waals surface area contributed by atoms with Crippen molar-refractivity contribution >= 4 is 11.8 Å². The van der Waals surface area contributed by atoms with Gasteiger partial charge in [-0.25, -0.2) is 4.79 Å². The molecule has 1 aromatic rings. The maximum atomic E-state index is 11.6. The van der Waals surface area contributed by atoms with Crippen LogP contribution >= 0.6 is 0 Å². The summed E-state index contributed by atoms with van der Waals surface area (Å²) in [7, 11) is 0. The SMILES string of the molecule is CCC(CC)(CO)CNC(C)c1ccc(N2CCOC2=O)cc1. The van der Waals surface area contributed by atoms with Gasteiger partial charge in [0.25, 0.3) is 0 Å². The molecule has 1 heterocycles. The molecule has 0 spiro atoms. The van der Waals surface area contributed by atoms with Crippen molar-refractivity contribution < 1.29 is 14.6 Å². The third kappa shape index (κ3) is 4.03. The third-order valence-electron chi connectivity index (χ3n) is 5.08. The van der Waals surface area contributed by atoms with Gasteiger partial charge in [-0.3, -0.25) is 4.90 Å². The summed E-state index contributed by atoms with van der Waals surface area (Å²) in [6.07, 6.45) is 1.63. The monoisotopic (exact) mass is 320 g/mol. The van der Waals surface area contributed by atoms with Crippen molar-refractivity contribution in [3.8, 4) is 0 Å². The first kappa shape index (κ1) is 17.8. The summed E-state index contributed by atoms with van der Waals surface area (Å²) in [6, 6.07) is 8.19. The molecule has 0 bridgehead atoms. The molecule has 1 amide bonds. The first-order valence-corrected chi connectivity index (χ1v) is 8.43. The number of carbonyl (C=O) groups is 1. The number of anilines is 1. The molecule has 2 rings (SSSR count). The lowest BCUT2D eigenvalue weighted by molar-refractivity contribution is 0.110. The van der Waals surface area contributed by atoms with Gasteiger partial charge in [-0.05, 0) is 37.5 Å². The largest absolute Gasteiger partial charge is 0.447 e. The Kier molecular flexibility index (Phi) is 6.02. The Labute approximate surface area is 138 Å². The number of aliphatic hydroxyl groups is 1. The lowest BCUT2D eigenvalue weighted by Gasteiger charge is -2.31. The Bertz CT molecular complexity index is 503. The fourth-order valence-corrected chi connectivity index (χ4v) is 2.84. The molecule has 1 fully saturated rings. The number of rotatable bonds is 8. The molecule has 0 aliphatic carbocycles. The number of amides is 1. The van der Waals surface area contributed by atoms with E-state index in [0.29, 0.717) is 13.2 Å². The zero-order valence-corrected chi connectivity index (χ0v) is 14.3. The summed E-state index contributed by atoms with van der Waals surface area (Å²) in [5, 5.41) is 13.2. The van der Waals surface area contributed by atoms with Gasteiger partial charge in [-0.1, -0.05) is 26.0 Å². The van der Waals surface area contributed by atoms with E-state index in [1.807, 2.05) is 24.3 Å². The normalized spacial score (nSPS) is 16.5. The zero-order valence-electron chi connectivity index (χ0n) is 14.3. The summed E-state index contributed by atoms with van der Waals surface area (Å²) in [4.78, 5) is 13.2. The average molecular weight is 320 g/mol. The first-order valence-electron chi connectivity index (χ1n) is 8.43. The van der Waals surface area contributed by atoms with Crippen LogP contribution in [0.3, 0.4) is 0 Å². The number of hydrogen-bond donors (Lipinski definition) is 2. The molecule has 1 atom stereocenters. The standard InChI is InChI=1S/C18H28N2O3/c1-4-18(5-2,13-21)12-19-14(3)15-6-8-16(9-7-15)20-10-11-23-17(20)22/h6-9,14,19,21H,4-5,10-13H2,1-3H3. The lowest BCUT2D eigenvalue weighted by atomic mass is 9.83. The second-order valence-electron chi connectivity index (χ2n) is 6.33. The second kappa shape index (κ2) is 7.79. The zero-order chi connectivity index (χ0) is 16.9. The van der Waals surface area contributed by atoms with Crippen LogP contribution < -0.4 is 10.2 Å². The van der Waals surface area contributed by atoms with Crippen molar-refractivity contribution in [2.24, 2.45) is 5.41 Å². The summed E-state index contributed by atoms with van der Waals surface area (Å²) in [5.41, 5.74) is 1.99. The topological polar surface area (TPSA) is 61.8 Å². The molecule has 1 aliphatic heterocycles. The van der Waals surface area contributed by atoms with Gasteiger partial charge in [0.2, 0.25) is 0 Å². The van der Waals surface area contributed by atoms with Crippen LogP contribution in [0.2, 0.25) is 0 Å². The van der Waals surface area contributed by atoms with E-state index in [2.05, 4.69) is 26.1 Å². The second-order valence-corrected chi connectivity index (χ2v) is 6.33. The molecule has 0 radical (unpaired) electrons. The van der Waals surface area contributed by atoms with E-state index in [1.165, 1.54) is 5.56 Å². The number of nitrogens with zero attached hydrogens (tertiary/aromatic N) is 1. The van der Waals surface area contributed by atoms with Crippen molar-refractivity contribution in [2.45, 2.75) is 39.7 Å². The van der Waals surface area contributed by atoms with Gasteiger partial charge >= 0.3 is 6.09 Å². The van der Waals surface area contributed by atoms with Crippen LogP contribution in [0.25, 0.3) is 0 Å². The quantitative estimate of drug-likeness (QED) is 0.773. The van der Waals surface area contributed by atoms with Gasteiger partial charge < -0.3 is 15.2 Å². The molecular weight excluding hydrogens is 292 g/mol. The van der Waals surface area contributed by atoms with E-state index in [4.69, 9.17) is 4.74 Å². The van der Waals surface area contributed by atoms with E-state index in [0.717, 1.165) is 25.1 Å². The summed E-state index contributed by atoms with van der Waals surface area (Å²) in [5.74, 6) is 0. The smallest absolute Gasteiger partial charge is 0.414 e. The summed E-state index contributed by atoms with van der Waals surface area (Å²) in [6.45, 7) is 8.42. The number of cyclic esters (lactones) is 1. The number of hydrogen-bond acceptors (Lipinski definition) is 4. The minimum atomic E-state index is -0.275. The van der Waals surface area contributed by atoms with Crippen LogP contribution in [0, 0.1) is 5.41 Å². The molecule has 1 saturated heterocycles. The summed E-state index contributed by atoms with van der Waals surface area (Å²) < 4.78 is 4.96. The minimum Gasteiger partial charge on any atom is -0.447 e. The van der Waals surface area contributed by atoms with Crippen molar-refractivity contribution in [2.75, 3.05) is 31.2 Å². The number of nitrogens with one attached hydrogen (secondary N) is 1. The Morgan fingerprint density at radius 1 is 1.30 bits per heavy atom. The number of benzene rings is 1. The van der Waals surface area contributed by atoms with Gasteiger partial charge in [-0.2, -0.15) is 0 Å². The van der Waals surface area contributed by atoms with E-state index in [9.17, 15) is 9.90 Å². The van der Waals surface area contributed by atoms with Crippen LogP contribution in [0.1, 0.15) is 45.2 Å². The minimum absolute atomic E-state index is 0.0481. The highest BCUT2D eigenvalue weighted by Gasteiger charge is 2.26. The molecule has 5 nitrogen and oxygen atoms in total. The molecule has 2 N–H and O–H groups in total. The molecule has 128 valence electrons. The Morgan fingerprint density at radius 2 is 1.96 bits per heavy atom. The van der Waals surface area contributed by atoms with Crippen LogP contribution in [0.4, 0.5) is 10.5 Å². The van der Waals surface area contributed by atoms with Crippen molar-refractivity contribution in [1.82, 2.24) is 5.32 Å². The van der Waals surface area contributed by atoms with E-state index < -0.39 is 0 Å². The first-order chi connectivity index (χ1) is 11.0. The Balaban J connectivity index is 1.97. The van der Waals surface area contributed by atoms with Gasteiger partial charge in [0, 0.05) is 30.3 Å².